The van der Waals surface area contributed by atoms with Gasteiger partial charge in [0.15, 0.2) is 5.78 Å². The van der Waals surface area contributed by atoms with Crippen LogP contribution in [0.4, 0.5) is 8.78 Å². The van der Waals surface area contributed by atoms with Crippen molar-refractivity contribution in [2.45, 2.75) is 20.8 Å². The average molecular weight is 255 g/mol. The zero-order valence-electron chi connectivity index (χ0n) is 10.5. The summed E-state index contributed by atoms with van der Waals surface area (Å²) in [6, 6.07) is 2.63. The number of amides is 1. The molecule has 5 heteroatoms. The Kier molecular flexibility index (Phi) is 4.16. The summed E-state index contributed by atoms with van der Waals surface area (Å²) in [6.45, 7) is 4.72. The number of nitrogens with one attached hydrogen (secondary N) is 1. The van der Waals surface area contributed by atoms with Gasteiger partial charge in [0.25, 0.3) is 0 Å². The third kappa shape index (κ3) is 3.61. The molecule has 0 spiro atoms. The number of rotatable bonds is 3. The van der Waals surface area contributed by atoms with Crippen molar-refractivity contribution in [2.24, 2.45) is 5.41 Å². The Balaban J connectivity index is 2.72. The molecule has 0 saturated heterocycles. The summed E-state index contributed by atoms with van der Waals surface area (Å²) in [6.07, 6.45) is 0. The van der Waals surface area contributed by atoms with Crippen molar-refractivity contribution in [3.05, 3.63) is 35.4 Å². The average Bonchev–Trinajstić information content (AvgIpc) is 2.27. The SMILES string of the molecule is CC(C)(C)C(=O)NCC(=O)c1cc(F)ccc1F. The molecule has 0 fully saturated rings. The molecule has 98 valence electrons. The lowest BCUT2D eigenvalue weighted by Crippen LogP contribution is -2.38. The molecule has 0 aliphatic carbocycles. The highest BCUT2D eigenvalue weighted by molar-refractivity contribution is 5.99. The minimum atomic E-state index is -0.800. The molecule has 1 amide bonds. The van der Waals surface area contributed by atoms with Gasteiger partial charge in [0.2, 0.25) is 5.91 Å². The lowest BCUT2D eigenvalue weighted by atomic mass is 9.95. The number of halogens is 2. The van der Waals surface area contributed by atoms with Crippen LogP contribution < -0.4 is 5.32 Å². The van der Waals surface area contributed by atoms with E-state index in [2.05, 4.69) is 5.32 Å². The van der Waals surface area contributed by atoms with Crippen LogP contribution in [0.1, 0.15) is 31.1 Å². The summed E-state index contributed by atoms with van der Waals surface area (Å²) in [5.41, 5.74) is -0.995. The first-order valence-corrected chi connectivity index (χ1v) is 5.48. The molecule has 0 aliphatic rings. The Morgan fingerprint density at radius 1 is 1.22 bits per heavy atom. The largest absolute Gasteiger partial charge is 0.348 e. The summed E-state index contributed by atoms with van der Waals surface area (Å²) >= 11 is 0. The summed E-state index contributed by atoms with van der Waals surface area (Å²) in [5, 5.41) is 2.39. The van der Waals surface area contributed by atoms with Crippen LogP contribution in [-0.2, 0) is 4.79 Å². The van der Waals surface area contributed by atoms with Crippen LogP contribution in [0.5, 0.6) is 0 Å². The highest BCUT2D eigenvalue weighted by Gasteiger charge is 2.22. The molecule has 3 nitrogen and oxygen atoms in total. The van der Waals surface area contributed by atoms with Crippen LogP contribution in [0.2, 0.25) is 0 Å². The lowest BCUT2D eigenvalue weighted by molar-refractivity contribution is -0.128. The van der Waals surface area contributed by atoms with E-state index in [1.54, 1.807) is 20.8 Å². The van der Waals surface area contributed by atoms with Crippen LogP contribution in [0, 0.1) is 17.0 Å². The highest BCUT2D eigenvalue weighted by atomic mass is 19.1. The second kappa shape index (κ2) is 5.25. The van der Waals surface area contributed by atoms with Crippen molar-refractivity contribution in [2.75, 3.05) is 6.54 Å². The third-order valence-electron chi connectivity index (χ3n) is 2.32. The number of Topliss-reactive ketones (excluding diaryl/α,β-unsaturated/α-hetero) is 1. The fourth-order valence-electron chi connectivity index (χ4n) is 1.23. The van der Waals surface area contributed by atoms with Gasteiger partial charge in [-0.1, -0.05) is 20.8 Å². The normalized spacial score (nSPS) is 11.2. The van der Waals surface area contributed by atoms with Crippen LogP contribution in [0.3, 0.4) is 0 Å². The van der Waals surface area contributed by atoms with Gasteiger partial charge in [0.1, 0.15) is 11.6 Å². The monoisotopic (exact) mass is 255 g/mol. The van der Waals surface area contributed by atoms with Crippen molar-refractivity contribution in [3.8, 4) is 0 Å². The first-order valence-electron chi connectivity index (χ1n) is 5.48. The van der Waals surface area contributed by atoms with E-state index < -0.39 is 22.8 Å². The summed E-state index contributed by atoms with van der Waals surface area (Å²) < 4.78 is 26.2. The lowest BCUT2D eigenvalue weighted by Gasteiger charge is -2.17. The van der Waals surface area contributed by atoms with Crippen molar-refractivity contribution >= 4 is 11.7 Å². The Morgan fingerprint density at radius 2 is 1.83 bits per heavy atom. The third-order valence-corrected chi connectivity index (χ3v) is 2.32. The van der Waals surface area contributed by atoms with Gasteiger partial charge in [0, 0.05) is 5.41 Å². The number of carbonyl (C=O) groups is 2. The molecule has 0 atom stereocenters. The molecular weight excluding hydrogens is 240 g/mol. The van der Waals surface area contributed by atoms with Crippen molar-refractivity contribution in [1.82, 2.24) is 5.32 Å². The van der Waals surface area contributed by atoms with Crippen LogP contribution in [-0.4, -0.2) is 18.2 Å². The molecule has 1 aromatic carbocycles. The maximum Gasteiger partial charge on any atom is 0.225 e. The van der Waals surface area contributed by atoms with E-state index in [9.17, 15) is 18.4 Å². The number of benzene rings is 1. The zero-order valence-corrected chi connectivity index (χ0v) is 10.5. The second-order valence-electron chi connectivity index (χ2n) is 4.98. The van der Waals surface area contributed by atoms with Gasteiger partial charge in [-0.2, -0.15) is 0 Å². The first-order chi connectivity index (χ1) is 8.21. The number of ketones is 1. The molecule has 0 bridgehead atoms. The zero-order chi connectivity index (χ0) is 13.9. The molecule has 0 radical (unpaired) electrons. The van der Waals surface area contributed by atoms with E-state index in [0.29, 0.717) is 0 Å². The van der Waals surface area contributed by atoms with E-state index in [-0.39, 0.29) is 18.0 Å². The van der Waals surface area contributed by atoms with E-state index in [0.717, 1.165) is 18.2 Å². The molecule has 1 N–H and O–H groups in total. The van der Waals surface area contributed by atoms with Crippen molar-refractivity contribution < 1.29 is 18.4 Å². The van der Waals surface area contributed by atoms with E-state index in [4.69, 9.17) is 0 Å². The van der Waals surface area contributed by atoms with Crippen LogP contribution in [0.15, 0.2) is 18.2 Å². The standard InChI is InChI=1S/C13H15F2NO2/c1-13(2,3)12(18)16-7-11(17)9-6-8(14)4-5-10(9)15/h4-6H,7H2,1-3H3,(H,16,18). The summed E-state index contributed by atoms with van der Waals surface area (Å²) in [5.74, 6) is -2.48. The molecule has 0 unspecified atom stereocenters. The minimum Gasteiger partial charge on any atom is -0.348 e. The van der Waals surface area contributed by atoms with Gasteiger partial charge < -0.3 is 5.32 Å². The van der Waals surface area contributed by atoms with Gasteiger partial charge >= 0.3 is 0 Å². The minimum absolute atomic E-state index is 0.326. The topological polar surface area (TPSA) is 46.2 Å². The fourth-order valence-corrected chi connectivity index (χ4v) is 1.23. The highest BCUT2D eigenvalue weighted by Crippen LogP contribution is 2.13. The molecule has 0 heterocycles. The molecule has 0 aliphatic heterocycles. The van der Waals surface area contributed by atoms with Crippen molar-refractivity contribution in [3.63, 3.8) is 0 Å². The number of hydrogen-bond acceptors (Lipinski definition) is 2. The van der Waals surface area contributed by atoms with Gasteiger partial charge in [0.05, 0.1) is 12.1 Å². The van der Waals surface area contributed by atoms with Gasteiger partial charge in [-0.3, -0.25) is 9.59 Å². The van der Waals surface area contributed by atoms with E-state index in [1.165, 1.54) is 0 Å². The van der Waals surface area contributed by atoms with E-state index in [1.807, 2.05) is 0 Å². The maximum absolute atomic E-state index is 13.3. The Morgan fingerprint density at radius 3 is 2.39 bits per heavy atom. The molecule has 18 heavy (non-hydrogen) atoms. The predicted octanol–water partition coefficient (Wildman–Crippen LogP) is 2.31. The predicted molar refractivity (Wildman–Crippen MR) is 63.2 cm³/mol. The van der Waals surface area contributed by atoms with Crippen LogP contribution >= 0.6 is 0 Å². The molecule has 0 saturated carbocycles. The van der Waals surface area contributed by atoms with Crippen LogP contribution in [0.25, 0.3) is 0 Å². The smallest absolute Gasteiger partial charge is 0.225 e. The summed E-state index contributed by atoms with van der Waals surface area (Å²) in [4.78, 5) is 23.1. The quantitative estimate of drug-likeness (QED) is 0.842. The molecular formula is C13H15F2NO2. The Labute approximate surface area is 104 Å². The molecule has 0 aromatic heterocycles. The molecule has 1 rings (SSSR count). The number of hydrogen-bond donors (Lipinski definition) is 1. The van der Waals surface area contributed by atoms with E-state index >= 15 is 0 Å². The molecule has 1 aromatic rings. The Bertz CT molecular complexity index is 478. The van der Waals surface area contributed by atoms with Gasteiger partial charge in [-0.15, -0.1) is 0 Å². The second-order valence-corrected chi connectivity index (χ2v) is 4.98. The maximum atomic E-state index is 13.3. The van der Waals surface area contributed by atoms with Crippen molar-refractivity contribution in [1.29, 1.82) is 0 Å². The fraction of sp³-hybridized carbons (Fsp3) is 0.385. The Hall–Kier alpha value is -1.78. The first kappa shape index (κ1) is 14.3. The van der Waals surface area contributed by atoms with Gasteiger partial charge in [-0.05, 0) is 18.2 Å². The number of carbonyl (C=O) groups excluding carboxylic acids is 2. The van der Waals surface area contributed by atoms with Gasteiger partial charge in [-0.25, -0.2) is 8.78 Å². The summed E-state index contributed by atoms with van der Waals surface area (Å²) in [7, 11) is 0.